The summed E-state index contributed by atoms with van der Waals surface area (Å²) in [4.78, 5) is 13.2. The Kier molecular flexibility index (Phi) is 6.70. The highest BCUT2D eigenvalue weighted by molar-refractivity contribution is 5.87. The molecule has 1 saturated heterocycles. The van der Waals surface area contributed by atoms with Crippen molar-refractivity contribution in [1.29, 1.82) is 0 Å². The first kappa shape index (κ1) is 23.6. The van der Waals surface area contributed by atoms with Crippen LogP contribution < -0.4 is 19.1 Å². The fourth-order valence-electron chi connectivity index (χ4n) is 4.46. The lowest BCUT2D eigenvalue weighted by Gasteiger charge is -2.34. The van der Waals surface area contributed by atoms with E-state index in [1.165, 1.54) is 0 Å². The number of methoxy groups -OCH3 is 3. The van der Waals surface area contributed by atoms with Crippen LogP contribution in [-0.2, 0) is 0 Å². The smallest absolute Gasteiger partial charge is 0.164 e. The number of anilines is 1. The third kappa shape index (κ3) is 4.68. The van der Waals surface area contributed by atoms with E-state index >= 15 is 0 Å². The highest BCUT2D eigenvalue weighted by Gasteiger charge is 2.20. The Hall–Kier alpha value is -4.15. The van der Waals surface area contributed by atoms with Crippen LogP contribution in [0.15, 0.2) is 54.6 Å². The van der Waals surface area contributed by atoms with Crippen LogP contribution in [0.25, 0.3) is 22.4 Å². The van der Waals surface area contributed by atoms with E-state index in [9.17, 15) is 0 Å². The zero-order valence-corrected chi connectivity index (χ0v) is 21.1. The first-order chi connectivity index (χ1) is 17.6. The molecule has 1 N–H and O–H groups in total. The van der Waals surface area contributed by atoms with Gasteiger partial charge in [-0.25, -0.2) is 4.98 Å². The van der Waals surface area contributed by atoms with Crippen molar-refractivity contribution in [2.24, 2.45) is 0 Å². The summed E-state index contributed by atoms with van der Waals surface area (Å²) in [6, 6.07) is 18.0. The minimum Gasteiger partial charge on any atom is -0.496 e. The van der Waals surface area contributed by atoms with Crippen LogP contribution >= 0.6 is 0 Å². The molecule has 5 rings (SSSR count). The molecular weight excluding hydrogens is 452 g/mol. The zero-order valence-electron chi connectivity index (χ0n) is 21.1. The van der Waals surface area contributed by atoms with Gasteiger partial charge < -0.3 is 29.0 Å². The molecular formula is C29H30N4O3. The molecule has 0 spiro atoms. The molecule has 7 heteroatoms. The van der Waals surface area contributed by atoms with Gasteiger partial charge in [-0.1, -0.05) is 30.0 Å². The van der Waals surface area contributed by atoms with Crippen molar-refractivity contribution in [2.45, 2.75) is 0 Å². The molecule has 1 aliphatic rings. The quantitative estimate of drug-likeness (QED) is 0.425. The van der Waals surface area contributed by atoms with Crippen molar-refractivity contribution in [3.63, 3.8) is 0 Å². The Morgan fingerprint density at radius 2 is 1.50 bits per heavy atom. The summed E-state index contributed by atoms with van der Waals surface area (Å²) in [6.07, 6.45) is 0. The van der Waals surface area contributed by atoms with Gasteiger partial charge in [0.25, 0.3) is 0 Å². The van der Waals surface area contributed by atoms with Crippen molar-refractivity contribution < 1.29 is 14.2 Å². The first-order valence-corrected chi connectivity index (χ1v) is 11.9. The number of nitrogens with zero attached hydrogens (tertiary/aromatic N) is 3. The Bertz CT molecular complexity index is 1430. The second-order valence-electron chi connectivity index (χ2n) is 8.79. The number of piperazine rings is 1. The first-order valence-electron chi connectivity index (χ1n) is 11.9. The van der Waals surface area contributed by atoms with Crippen LogP contribution in [0.4, 0.5) is 5.69 Å². The predicted molar refractivity (Wildman–Crippen MR) is 143 cm³/mol. The summed E-state index contributed by atoms with van der Waals surface area (Å²) in [5.41, 5.74) is 5.66. The lowest BCUT2D eigenvalue weighted by atomic mass is 10.1. The highest BCUT2D eigenvalue weighted by Crippen LogP contribution is 2.40. The molecule has 4 aromatic rings. The van der Waals surface area contributed by atoms with Gasteiger partial charge >= 0.3 is 0 Å². The summed E-state index contributed by atoms with van der Waals surface area (Å²) in [5.74, 6) is 9.30. The minimum absolute atomic E-state index is 0.602. The van der Waals surface area contributed by atoms with Gasteiger partial charge in [-0.15, -0.1) is 0 Å². The van der Waals surface area contributed by atoms with Crippen LogP contribution in [0.2, 0.25) is 0 Å². The summed E-state index contributed by atoms with van der Waals surface area (Å²) >= 11 is 0. The van der Waals surface area contributed by atoms with Crippen molar-refractivity contribution in [3.05, 3.63) is 65.7 Å². The van der Waals surface area contributed by atoms with Gasteiger partial charge in [0.05, 0.1) is 49.2 Å². The molecule has 0 atom stereocenters. The number of rotatable bonds is 5. The third-order valence-corrected chi connectivity index (χ3v) is 6.52. The molecule has 3 aromatic carbocycles. The van der Waals surface area contributed by atoms with E-state index in [1.54, 1.807) is 21.3 Å². The molecule has 0 bridgehead atoms. The molecule has 1 fully saturated rings. The van der Waals surface area contributed by atoms with Gasteiger partial charge in [0, 0.05) is 37.8 Å². The Morgan fingerprint density at radius 3 is 2.19 bits per heavy atom. The van der Waals surface area contributed by atoms with Crippen molar-refractivity contribution in [2.75, 3.05) is 59.5 Å². The highest BCUT2D eigenvalue weighted by atomic mass is 16.5. The van der Waals surface area contributed by atoms with Crippen molar-refractivity contribution in [1.82, 2.24) is 14.9 Å². The summed E-state index contributed by atoms with van der Waals surface area (Å²) < 4.78 is 16.6. The van der Waals surface area contributed by atoms with Crippen molar-refractivity contribution in [3.8, 4) is 40.5 Å². The molecule has 184 valence electrons. The topological polar surface area (TPSA) is 62.9 Å². The number of H-pyrrole nitrogens is 1. The summed E-state index contributed by atoms with van der Waals surface area (Å²) in [6.45, 7) is 3.92. The molecule has 1 aliphatic heterocycles. The van der Waals surface area contributed by atoms with E-state index < -0.39 is 0 Å². The second kappa shape index (κ2) is 10.2. The summed E-state index contributed by atoms with van der Waals surface area (Å²) in [7, 11) is 7.02. The van der Waals surface area contributed by atoms with Crippen molar-refractivity contribution >= 4 is 16.7 Å². The molecule has 0 aliphatic carbocycles. The standard InChI is InChI=1S/C29H30N4O3/c1-32-12-14-33(15-13-32)25-18-24-23(16-21(25)11-10-20-8-6-5-7-9-20)30-29(31-24)22-17-27(35-3)28(36-4)19-26(22)34-2/h5-9,16-19H,12-15H2,1-4H3,(H,30,31). The Balaban J connectivity index is 1.62. The molecule has 0 radical (unpaired) electrons. The van der Waals surface area contributed by atoms with Gasteiger partial charge in [0.15, 0.2) is 11.5 Å². The molecule has 0 saturated carbocycles. The van der Waals surface area contributed by atoms with Gasteiger partial charge in [0.1, 0.15) is 11.6 Å². The van der Waals surface area contributed by atoms with E-state index in [4.69, 9.17) is 19.2 Å². The fraction of sp³-hybridized carbons (Fsp3) is 0.276. The number of hydrogen-bond donors (Lipinski definition) is 1. The Labute approximate surface area is 211 Å². The lowest BCUT2D eigenvalue weighted by Crippen LogP contribution is -2.44. The molecule has 2 heterocycles. The number of hydrogen-bond acceptors (Lipinski definition) is 6. The van der Waals surface area contributed by atoms with E-state index in [-0.39, 0.29) is 0 Å². The van der Waals surface area contributed by atoms with Crippen LogP contribution in [0.5, 0.6) is 17.2 Å². The van der Waals surface area contributed by atoms with E-state index in [2.05, 4.69) is 45.8 Å². The van der Waals surface area contributed by atoms with Crippen LogP contribution in [0, 0.1) is 11.8 Å². The maximum Gasteiger partial charge on any atom is 0.164 e. The monoisotopic (exact) mass is 482 g/mol. The van der Waals surface area contributed by atoms with E-state index in [0.29, 0.717) is 23.1 Å². The predicted octanol–water partition coefficient (Wildman–Crippen LogP) is 4.41. The maximum atomic E-state index is 5.65. The fourth-order valence-corrected chi connectivity index (χ4v) is 4.46. The van der Waals surface area contributed by atoms with Crippen LogP contribution in [0.3, 0.4) is 0 Å². The van der Waals surface area contributed by atoms with Crippen LogP contribution in [-0.4, -0.2) is 69.4 Å². The van der Waals surface area contributed by atoms with E-state index in [1.807, 2.05) is 42.5 Å². The van der Waals surface area contributed by atoms with Gasteiger partial charge in [0.2, 0.25) is 0 Å². The number of ether oxygens (including phenoxy) is 3. The third-order valence-electron chi connectivity index (χ3n) is 6.52. The minimum atomic E-state index is 0.602. The molecule has 0 unspecified atom stereocenters. The average molecular weight is 483 g/mol. The number of likely N-dealkylation sites (N-methyl/N-ethyl adjacent to an activating group) is 1. The molecule has 0 amide bonds. The molecule has 7 nitrogen and oxygen atoms in total. The number of imidazole rings is 1. The largest absolute Gasteiger partial charge is 0.496 e. The SMILES string of the molecule is COc1cc(OC)c(-c2nc3cc(N4CCN(C)CC4)c(C#Cc4ccccc4)cc3[nH]2)cc1OC. The number of aromatic amines is 1. The van der Waals surface area contributed by atoms with Crippen LogP contribution in [0.1, 0.15) is 11.1 Å². The summed E-state index contributed by atoms with van der Waals surface area (Å²) in [5, 5.41) is 0. The maximum absolute atomic E-state index is 5.65. The van der Waals surface area contributed by atoms with Gasteiger partial charge in [-0.2, -0.15) is 0 Å². The molecule has 36 heavy (non-hydrogen) atoms. The zero-order chi connectivity index (χ0) is 25.1. The number of fused-ring (bicyclic) bond motifs is 1. The number of nitrogens with one attached hydrogen (secondary N) is 1. The van der Waals surface area contributed by atoms with Gasteiger partial charge in [-0.05, 0) is 37.4 Å². The second-order valence-corrected chi connectivity index (χ2v) is 8.79. The molecule has 1 aromatic heterocycles. The average Bonchev–Trinajstić information content (AvgIpc) is 3.34. The van der Waals surface area contributed by atoms with Gasteiger partial charge in [-0.3, -0.25) is 0 Å². The number of aromatic nitrogens is 2. The van der Waals surface area contributed by atoms with E-state index in [0.717, 1.165) is 59.6 Å². The number of benzene rings is 3. The normalized spacial score (nSPS) is 13.8. The lowest BCUT2D eigenvalue weighted by molar-refractivity contribution is 0.313. The Morgan fingerprint density at radius 1 is 0.806 bits per heavy atom.